The standard InChI is InChI=1S/C23H25NO4S/c1-4-24(29(25,26)20-15-16-21(27-2)22(17-20)28-3)23(18-11-7-5-8-12-18)19-13-9-6-10-14-19/h5-17,23H,4H2,1-3H3. The Morgan fingerprint density at radius 1 is 0.793 bits per heavy atom. The first-order chi connectivity index (χ1) is 14.0. The molecule has 0 aliphatic heterocycles. The number of methoxy groups -OCH3 is 2. The van der Waals surface area contributed by atoms with Gasteiger partial charge >= 0.3 is 0 Å². The van der Waals surface area contributed by atoms with Crippen molar-refractivity contribution in [2.75, 3.05) is 20.8 Å². The zero-order valence-corrected chi connectivity index (χ0v) is 17.6. The molecule has 0 bridgehead atoms. The zero-order valence-electron chi connectivity index (χ0n) is 16.8. The minimum atomic E-state index is -3.81. The van der Waals surface area contributed by atoms with Crippen LogP contribution in [0.5, 0.6) is 11.5 Å². The van der Waals surface area contributed by atoms with Crippen molar-refractivity contribution in [3.63, 3.8) is 0 Å². The summed E-state index contributed by atoms with van der Waals surface area (Å²) >= 11 is 0. The zero-order chi connectivity index (χ0) is 20.9. The predicted octanol–water partition coefficient (Wildman–Crippen LogP) is 4.50. The number of benzene rings is 3. The first-order valence-electron chi connectivity index (χ1n) is 9.36. The van der Waals surface area contributed by atoms with E-state index in [9.17, 15) is 8.42 Å². The summed E-state index contributed by atoms with van der Waals surface area (Å²) in [6.07, 6.45) is 0. The number of hydrogen-bond acceptors (Lipinski definition) is 4. The molecule has 0 aliphatic carbocycles. The van der Waals surface area contributed by atoms with Gasteiger partial charge in [0.25, 0.3) is 0 Å². The number of nitrogens with zero attached hydrogens (tertiary/aromatic N) is 1. The van der Waals surface area contributed by atoms with Crippen LogP contribution in [0.1, 0.15) is 24.1 Å². The summed E-state index contributed by atoms with van der Waals surface area (Å²) in [7, 11) is -0.799. The topological polar surface area (TPSA) is 55.8 Å². The van der Waals surface area contributed by atoms with Crippen molar-refractivity contribution in [3.8, 4) is 11.5 Å². The van der Waals surface area contributed by atoms with Crippen LogP contribution >= 0.6 is 0 Å². The molecule has 0 unspecified atom stereocenters. The lowest BCUT2D eigenvalue weighted by Crippen LogP contribution is -2.35. The monoisotopic (exact) mass is 411 g/mol. The summed E-state index contributed by atoms with van der Waals surface area (Å²) in [6.45, 7) is 2.16. The van der Waals surface area contributed by atoms with E-state index in [1.54, 1.807) is 12.1 Å². The molecule has 5 nitrogen and oxygen atoms in total. The predicted molar refractivity (Wildman–Crippen MR) is 114 cm³/mol. The molecule has 0 radical (unpaired) electrons. The highest BCUT2D eigenvalue weighted by molar-refractivity contribution is 7.89. The molecule has 0 amide bonds. The van der Waals surface area contributed by atoms with Gasteiger partial charge in [0.15, 0.2) is 11.5 Å². The highest BCUT2D eigenvalue weighted by Gasteiger charge is 2.33. The minimum absolute atomic E-state index is 0.161. The maximum absolute atomic E-state index is 13.6. The average Bonchev–Trinajstić information content (AvgIpc) is 2.77. The molecule has 29 heavy (non-hydrogen) atoms. The number of rotatable bonds is 8. The van der Waals surface area contributed by atoms with Crippen molar-refractivity contribution in [3.05, 3.63) is 90.0 Å². The largest absolute Gasteiger partial charge is 0.493 e. The van der Waals surface area contributed by atoms with Crippen LogP contribution in [0.2, 0.25) is 0 Å². The van der Waals surface area contributed by atoms with Crippen molar-refractivity contribution in [2.45, 2.75) is 17.9 Å². The van der Waals surface area contributed by atoms with Gasteiger partial charge in [0, 0.05) is 12.6 Å². The molecule has 0 aliphatic rings. The molecule has 0 heterocycles. The van der Waals surface area contributed by atoms with Crippen molar-refractivity contribution in [1.82, 2.24) is 4.31 Å². The summed E-state index contributed by atoms with van der Waals surface area (Å²) in [4.78, 5) is 0.161. The van der Waals surface area contributed by atoms with Crippen LogP contribution < -0.4 is 9.47 Å². The van der Waals surface area contributed by atoms with Gasteiger partial charge in [0.05, 0.1) is 25.2 Å². The van der Waals surface area contributed by atoms with Gasteiger partial charge in [-0.25, -0.2) is 8.42 Å². The van der Waals surface area contributed by atoms with E-state index in [4.69, 9.17) is 9.47 Å². The van der Waals surface area contributed by atoms with E-state index < -0.39 is 16.1 Å². The summed E-state index contributed by atoms with van der Waals surface area (Å²) in [6, 6.07) is 23.5. The van der Waals surface area contributed by atoms with Crippen molar-refractivity contribution in [1.29, 1.82) is 0 Å². The maximum Gasteiger partial charge on any atom is 0.244 e. The van der Waals surface area contributed by atoms with Crippen molar-refractivity contribution < 1.29 is 17.9 Å². The summed E-state index contributed by atoms with van der Waals surface area (Å²) in [5.41, 5.74) is 1.81. The lowest BCUT2D eigenvalue weighted by atomic mass is 9.99. The summed E-state index contributed by atoms with van der Waals surface area (Å²) in [5, 5.41) is 0. The van der Waals surface area contributed by atoms with Crippen LogP contribution in [0.25, 0.3) is 0 Å². The van der Waals surface area contributed by atoms with Crippen LogP contribution in [0, 0.1) is 0 Å². The lowest BCUT2D eigenvalue weighted by Gasteiger charge is -2.31. The Balaban J connectivity index is 2.14. The second-order valence-electron chi connectivity index (χ2n) is 6.45. The van der Waals surface area contributed by atoms with Gasteiger partial charge in [0.2, 0.25) is 10.0 Å². The molecule has 0 saturated heterocycles. The van der Waals surface area contributed by atoms with Crippen molar-refractivity contribution in [2.24, 2.45) is 0 Å². The highest BCUT2D eigenvalue weighted by atomic mass is 32.2. The molecule has 152 valence electrons. The first kappa shape index (κ1) is 20.9. The average molecular weight is 412 g/mol. The second kappa shape index (κ2) is 9.11. The molecule has 3 rings (SSSR count). The minimum Gasteiger partial charge on any atom is -0.493 e. The van der Waals surface area contributed by atoms with Gasteiger partial charge in [0.1, 0.15) is 0 Å². The normalized spacial score (nSPS) is 11.6. The molecule has 3 aromatic carbocycles. The molecule has 0 N–H and O–H groups in total. The summed E-state index contributed by atoms with van der Waals surface area (Å²) < 4.78 is 39.4. The van der Waals surface area contributed by atoms with E-state index in [2.05, 4.69) is 0 Å². The molecule has 0 atom stereocenters. The van der Waals surface area contributed by atoms with Gasteiger partial charge in [-0.3, -0.25) is 0 Å². The summed E-state index contributed by atoms with van der Waals surface area (Å²) in [5.74, 6) is 0.859. The Kier molecular flexibility index (Phi) is 6.56. The second-order valence-corrected chi connectivity index (χ2v) is 8.34. The third-order valence-corrected chi connectivity index (χ3v) is 6.73. The molecule has 6 heteroatoms. The fourth-order valence-corrected chi connectivity index (χ4v) is 5.03. The maximum atomic E-state index is 13.6. The lowest BCUT2D eigenvalue weighted by molar-refractivity contribution is 0.352. The quantitative estimate of drug-likeness (QED) is 0.547. The van der Waals surface area contributed by atoms with Crippen LogP contribution in [0.4, 0.5) is 0 Å². The van der Waals surface area contributed by atoms with E-state index >= 15 is 0 Å². The molecule has 3 aromatic rings. The Morgan fingerprint density at radius 2 is 1.31 bits per heavy atom. The van der Waals surface area contributed by atoms with Gasteiger partial charge in [-0.05, 0) is 23.3 Å². The van der Waals surface area contributed by atoms with Crippen molar-refractivity contribution >= 4 is 10.0 Å². The third-order valence-electron chi connectivity index (χ3n) is 4.79. The first-order valence-corrected chi connectivity index (χ1v) is 10.8. The number of hydrogen-bond donors (Lipinski definition) is 0. The molecular weight excluding hydrogens is 386 g/mol. The highest BCUT2D eigenvalue weighted by Crippen LogP contribution is 2.36. The van der Waals surface area contributed by atoms with Gasteiger partial charge in [-0.1, -0.05) is 67.6 Å². The Bertz CT molecular complexity index is 997. The van der Waals surface area contributed by atoms with Crippen LogP contribution in [-0.2, 0) is 10.0 Å². The van der Waals surface area contributed by atoms with E-state index in [1.807, 2.05) is 67.6 Å². The molecule has 0 fully saturated rings. The smallest absolute Gasteiger partial charge is 0.244 e. The number of sulfonamides is 1. The van der Waals surface area contributed by atoms with Gasteiger partial charge in [-0.2, -0.15) is 4.31 Å². The van der Waals surface area contributed by atoms with Gasteiger partial charge in [-0.15, -0.1) is 0 Å². The van der Waals surface area contributed by atoms with Crippen LogP contribution in [0.15, 0.2) is 83.8 Å². The molecule has 0 aromatic heterocycles. The Morgan fingerprint density at radius 3 is 1.76 bits per heavy atom. The van der Waals surface area contributed by atoms with Gasteiger partial charge < -0.3 is 9.47 Å². The van der Waals surface area contributed by atoms with E-state index in [0.29, 0.717) is 18.0 Å². The van der Waals surface area contributed by atoms with Crippen LogP contribution in [-0.4, -0.2) is 33.5 Å². The SMILES string of the molecule is CCN(C(c1ccccc1)c1ccccc1)S(=O)(=O)c1ccc(OC)c(OC)c1. The third kappa shape index (κ3) is 4.28. The fourth-order valence-electron chi connectivity index (χ4n) is 3.40. The van der Waals surface area contributed by atoms with E-state index in [-0.39, 0.29) is 4.90 Å². The Labute approximate surface area is 172 Å². The fraction of sp³-hybridized carbons (Fsp3) is 0.217. The number of ether oxygens (including phenoxy) is 2. The molecule has 0 saturated carbocycles. The van der Waals surface area contributed by atoms with E-state index in [1.165, 1.54) is 24.6 Å². The Hall–Kier alpha value is -2.83. The molecular formula is C23H25NO4S. The molecule has 0 spiro atoms. The van der Waals surface area contributed by atoms with E-state index in [0.717, 1.165) is 11.1 Å². The van der Waals surface area contributed by atoms with Crippen LogP contribution in [0.3, 0.4) is 0 Å².